The van der Waals surface area contributed by atoms with Gasteiger partial charge in [0.1, 0.15) is 0 Å². The smallest absolute Gasteiger partial charge is 0.335 e. The number of aryl methyl sites for hydroxylation is 1. The van der Waals surface area contributed by atoms with Gasteiger partial charge in [0.15, 0.2) is 11.5 Å². The fourth-order valence-electron chi connectivity index (χ4n) is 4.70. The van der Waals surface area contributed by atoms with E-state index in [-0.39, 0.29) is 11.9 Å². The number of fused-ring (bicyclic) bond motifs is 1. The minimum Gasteiger partial charge on any atom is -0.493 e. The van der Waals surface area contributed by atoms with Gasteiger partial charge in [0.25, 0.3) is 0 Å². The summed E-state index contributed by atoms with van der Waals surface area (Å²) in [6.45, 7) is 3.55. The Labute approximate surface area is 207 Å². The molecule has 1 unspecified atom stereocenters. The normalized spacial score (nSPS) is 16.9. The molecule has 0 bridgehead atoms. The topological polar surface area (TPSA) is 48.0 Å². The maximum absolute atomic E-state index is 13.2. The summed E-state index contributed by atoms with van der Waals surface area (Å²) in [6, 6.07) is 22.8. The number of hydrogen-bond donors (Lipinski definition) is 0. The highest BCUT2D eigenvalue weighted by Gasteiger charge is 2.30. The van der Waals surface area contributed by atoms with E-state index < -0.39 is 0 Å². The molecule has 0 aliphatic carbocycles. The molecule has 0 N–H and O–H groups in total. The molecule has 0 amide bonds. The van der Waals surface area contributed by atoms with Gasteiger partial charge in [-0.1, -0.05) is 60.2 Å². The molecular formula is C30H33NO4. The lowest BCUT2D eigenvalue weighted by Gasteiger charge is -2.31. The van der Waals surface area contributed by atoms with Crippen LogP contribution in [0.1, 0.15) is 33.7 Å². The second kappa shape index (κ2) is 11.1. The van der Waals surface area contributed by atoms with Gasteiger partial charge < -0.3 is 19.1 Å². The Balaban J connectivity index is 1.83. The van der Waals surface area contributed by atoms with Crippen molar-refractivity contribution < 1.29 is 19.0 Å². The summed E-state index contributed by atoms with van der Waals surface area (Å²) in [5.41, 5.74) is 6.43. The Kier molecular flexibility index (Phi) is 7.76. The lowest BCUT2D eigenvalue weighted by molar-refractivity contribution is -0.136. The summed E-state index contributed by atoms with van der Waals surface area (Å²) >= 11 is 0. The minimum atomic E-state index is -0.317. The zero-order chi connectivity index (χ0) is 24.8. The highest BCUT2D eigenvalue weighted by atomic mass is 16.5. The van der Waals surface area contributed by atoms with Crippen molar-refractivity contribution in [1.82, 2.24) is 4.90 Å². The molecule has 5 nitrogen and oxygen atoms in total. The number of carbonyl (C=O) groups is 1. The molecule has 3 aromatic rings. The van der Waals surface area contributed by atoms with Crippen LogP contribution >= 0.6 is 0 Å². The van der Waals surface area contributed by atoms with Gasteiger partial charge in [-0.05, 0) is 54.2 Å². The van der Waals surface area contributed by atoms with Gasteiger partial charge in [-0.3, -0.25) is 0 Å². The van der Waals surface area contributed by atoms with Gasteiger partial charge in [-0.15, -0.1) is 0 Å². The molecule has 3 aromatic carbocycles. The van der Waals surface area contributed by atoms with E-state index >= 15 is 0 Å². The Morgan fingerprint density at radius 3 is 2.26 bits per heavy atom. The quantitative estimate of drug-likeness (QED) is 0.429. The van der Waals surface area contributed by atoms with E-state index in [1.165, 1.54) is 18.2 Å². The molecule has 0 spiro atoms. The van der Waals surface area contributed by atoms with Gasteiger partial charge in [-0.25, -0.2) is 4.79 Å². The number of carbonyl (C=O) groups excluding carboxylic acids is 1. The minimum absolute atomic E-state index is 0.194. The molecule has 35 heavy (non-hydrogen) atoms. The number of ether oxygens (including phenoxy) is 3. The fraction of sp³-hybridized carbons (Fsp3) is 0.300. The number of rotatable bonds is 7. The average Bonchev–Trinajstić information content (AvgIpc) is 2.89. The van der Waals surface area contributed by atoms with E-state index in [1.54, 1.807) is 14.2 Å². The number of benzene rings is 3. The summed E-state index contributed by atoms with van der Waals surface area (Å²) < 4.78 is 16.5. The van der Waals surface area contributed by atoms with Gasteiger partial charge in [-0.2, -0.15) is 0 Å². The van der Waals surface area contributed by atoms with E-state index in [9.17, 15) is 4.79 Å². The third-order valence-corrected chi connectivity index (χ3v) is 6.60. The van der Waals surface area contributed by atoms with Crippen molar-refractivity contribution in [2.75, 3.05) is 27.9 Å². The number of nitrogens with zero attached hydrogens (tertiary/aromatic N) is 1. The Hall–Kier alpha value is -3.73. The van der Waals surface area contributed by atoms with Crippen molar-refractivity contribution in [3.8, 4) is 11.5 Å². The predicted molar refractivity (Wildman–Crippen MR) is 138 cm³/mol. The molecule has 1 aliphatic heterocycles. The third-order valence-electron chi connectivity index (χ3n) is 6.60. The standard InChI is InChI=1S/C30H33NO4/c1-21-10-12-23(13-11-21)19-31-15-14-24-17-28(33-2)29(34-3)18-25(24)26(27(20-31)30(32)35-4)16-22-8-6-5-7-9-22/h5-13,17-18,20,26H,14-16,19H2,1-4H3/b27-20+. The third kappa shape index (κ3) is 5.68. The van der Waals surface area contributed by atoms with Crippen LogP contribution in [-0.2, 0) is 28.9 Å². The van der Waals surface area contributed by atoms with Crippen LogP contribution < -0.4 is 9.47 Å². The van der Waals surface area contributed by atoms with Crippen LogP contribution in [0.3, 0.4) is 0 Å². The van der Waals surface area contributed by atoms with E-state index in [2.05, 4.69) is 54.3 Å². The largest absolute Gasteiger partial charge is 0.493 e. The van der Waals surface area contributed by atoms with Gasteiger partial charge in [0, 0.05) is 25.2 Å². The fourth-order valence-corrected chi connectivity index (χ4v) is 4.70. The first-order valence-electron chi connectivity index (χ1n) is 11.9. The lowest BCUT2D eigenvalue weighted by atomic mass is 9.81. The van der Waals surface area contributed by atoms with E-state index in [4.69, 9.17) is 14.2 Å². The van der Waals surface area contributed by atoms with E-state index in [1.807, 2.05) is 30.5 Å². The number of hydrogen-bond acceptors (Lipinski definition) is 5. The molecule has 0 aromatic heterocycles. The lowest BCUT2D eigenvalue weighted by Crippen LogP contribution is -2.28. The molecule has 1 atom stereocenters. The van der Waals surface area contributed by atoms with Crippen LogP contribution in [0.4, 0.5) is 0 Å². The first kappa shape index (κ1) is 24.4. The van der Waals surface area contributed by atoms with Crippen LogP contribution in [0.15, 0.2) is 78.5 Å². The van der Waals surface area contributed by atoms with E-state index in [0.29, 0.717) is 30.0 Å². The molecule has 0 saturated carbocycles. The van der Waals surface area contributed by atoms with Crippen LogP contribution in [0.25, 0.3) is 0 Å². The molecule has 1 heterocycles. The summed E-state index contributed by atoms with van der Waals surface area (Å²) in [6.07, 6.45) is 3.49. The molecule has 182 valence electrons. The van der Waals surface area contributed by atoms with Crippen LogP contribution in [0.5, 0.6) is 11.5 Å². The zero-order valence-corrected chi connectivity index (χ0v) is 20.9. The molecular weight excluding hydrogens is 438 g/mol. The summed E-state index contributed by atoms with van der Waals surface area (Å²) in [5.74, 6) is 0.840. The SMILES string of the molecule is COC(=O)/C1=C/N(Cc2ccc(C)cc2)CCc2cc(OC)c(OC)cc2C1Cc1ccccc1. The highest BCUT2D eigenvalue weighted by Crippen LogP contribution is 2.40. The summed E-state index contributed by atoms with van der Waals surface area (Å²) in [5, 5.41) is 0. The predicted octanol–water partition coefficient (Wildman–Crippen LogP) is 5.45. The molecule has 1 aliphatic rings. The van der Waals surface area contributed by atoms with Crippen molar-refractivity contribution in [3.63, 3.8) is 0 Å². The maximum atomic E-state index is 13.2. The van der Waals surface area contributed by atoms with Crippen molar-refractivity contribution in [2.45, 2.75) is 32.2 Å². The zero-order valence-electron chi connectivity index (χ0n) is 20.9. The van der Waals surface area contributed by atoms with Crippen LogP contribution in [-0.4, -0.2) is 38.7 Å². The van der Waals surface area contributed by atoms with Crippen molar-refractivity contribution in [3.05, 3.63) is 106 Å². The molecule has 4 rings (SSSR count). The molecule has 0 saturated heterocycles. The highest BCUT2D eigenvalue weighted by molar-refractivity contribution is 5.90. The van der Waals surface area contributed by atoms with Crippen molar-refractivity contribution in [1.29, 1.82) is 0 Å². The van der Waals surface area contributed by atoms with Crippen LogP contribution in [0, 0.1) is 6.92 Å². The van der Waals surface area contributed by atoms with Crippen molar-refractivity contribution >= 4 is 5.97 Å². The van der Waals surface area contributed by atoms with Gasteiger partial charge in [0.05, 0.1) is 26.9 Å². The number of esters is 1. The summed E-state index contributed by atoms with van der Waals surface area (Å²) in [7, 11) is 4.74. The molecule has 5 heteroatoms. The first-order valence-corrected chi connectivity index (χ1v) is 11.9. The van der Waals surface area contributed by atoms with E-state index in [0.717, 1.165) is 29.7 Å². The Bertz CT molecular complexity index is 1180. The number of methoxy groups -OCH3 is 3. The van der Waals surface area contributed by atoms with Crippen molar-refractivity contribution in [2.24, 2.45) is 0 Å². The Morgan fingerprint density at radius 2 is 1.60 bits per heavy atom. The van der Waals surface area contributed by atoms with Gasteiger partial charge in [0.2, 0.25) is 0 Å². The Morgan fingerprint density at radius 1 is 0.914 bits per heavy atom. The second-order valence-corrected chi connectivity index (χ2v) is 8.93. The van der Waals surface area contributed by atoms with Crippen LogP contribution in [0.2, 0.25) is 0 Å². The molecule has 0 radical (unpaired) electrons. The van der Waals surface area contributed by atoms with Gasteiger partial charge >= 0.3 is 5.97 Å². The monoisotopic (exact) mass is 471 g/mol. The second-order valence-electron chi connectivity index (χ2n) is 8.93. The summed E-state index contributed by atoms with van der Waals surface area (Å²) in [4.78, 5) is 15.4. The molecule has 0 fully saturated rings. The maximum Gasteiger partial charge on any atom is 0.335 e. The first-order chi connectivity index (χ1) is 17.0. The average molecular weight is 472 g/mol.